The van der Waals surface area contributed by atoms with Gasteiger partial charge in [-0.1, -0.05) is 71.1 Å². The Morgan fingerprint density at radius 2 is 1.64 bits per heavy atom. The maximum Gasteiger partial charge on any atom is 0.258 e. The average Bonchev–Trinajstić information content (AvgIpc) is 3.59. The second-order valence-corrected chi connectivity index (χ2v) is 15.8. The molecule has 0 bridgehead atoms. The molecule has 2 amide bonds. The third-order valence-electron chi connectivity index (χ3n) is 11.0. The van der Waals surface area contributed by atoms with E-state index in [4.69, 9.17) is 4.74 Å². The summed E-state index contributed by atoms with van der Waals surface area (Å²) in [4.78, 5) is 46.1. The molecule has 0 spiro atoms. The normalized spacial score (nSPS) is 16.3. The van der Waals surface area contributed by atoms with Crippen LogP contribution < -0.4 is 10.2 Å². The number of carbonyl (C=O) groups excluding carboxylic acids is 3. The van der Waals surface area contributed by atoms with Gasteiger partial charge in [0.2, 0.25) is 0 Å². The van der Waals surface area contributed by atoms with Crippen molar-refractivity contribution in [3.05, 3.63) is 111 Å². The van der Waals surface area contributed by atoms with Crippen molar-refractivity contribution in [2.75, 3.05) is 30.0 Å². The van der Waals surface area contributed by atoms with Crippen molar-refractivity contribution >= 4 is 52.0 Å². The van der Waals surface area contributed by atoms with Crippen molar-refractivity contribution in [2.45, 2.75) is 92.9 Å². The molecule has 0 atom stereocenters. The number of nitrogens with zero attached hydrogens (tertiary/aromatic N) is 2. The van der Waals surface area contributed by atoms with Gasteiger partial charge in [0.25, 0.3) is 11.8 Å². The molecule has 3 aliphatic rings. The lowest BCUT2D eigenvalue weighted by atomic mass is 9.76. The first-order chi connectivity index (χ1) is 25.5. The topological polar surface area (TPSA) is 88.6 Å². The number of rotatable bonds is 7. The number of carbonyl (C=O) groups is 3. The van der Waals surface area contributed by atoms with E-state index in [1.807, 2.05) is 49.4 Å². The number of fused-ring (bicyclic) bond motifs is 1. The Labute approximate surface area is 319 Å². The standard InChI is InChI=1S/C31H27N3O3S.C9H18O.C5H10/c1-19-16-26(20(2)32-18-19)30(36)33-25-10-8-22(9-11-25)31(37)34-15-14-24(17-23-6-4-5-7-27(23)34)29-13-12-28(38-29)21(3)35;1-3-9(4-2)5-7-10-8-6-9;1-5-3-2-4-5/h4-13,16-18H,14-15H2,1-3H3,(H,33,36);3-8H2,1-2H3;5H,2-4H2,1H3. The van der Waals surface area contributed by atoms with Crippen molar-refractivity contribution in [3.8, 4) is 0 Å². The number of ketones is 1. The number of amides is 2. The van der Waals surface area contributed by atoms with E-state index in [-0.39, 0.29) is 17.6 Å². The second kappa shape index (κ2) is 18.6. The zero-order valence-corrected chi connectivity index (χ0v) is 33.1. The maximum atomic E-state index is 13.7. The third-order valence-corrected chi connectivity index (χ3v) is 12.2. The Morgan fingerprint density at radius 3 is 2.23 bits per heavy atom. The first-order valence-electron chi connectivity index (χ1n) is 19.2. The van der Waals surface area contributed by atoms with Gasteiger partial charge >= 0.3 is 0 Å². The Balaban J connectivity index is 0.000000298. The van der Waals surface area contributed by atoms with Crippen molar-refractivity contribution in [1.29, 1.82) is 0 Å². The molecule has 53 heavy (non-hydrogen) atoms. The molecule has 0 radical (unpaired) electrons. The summed E-state index contributed by atoms with van der Waals surface area (Å²) in [5.74, 6) is 0.770. The van der Waals surface area contributed by atoms with E-state index in [9.17, 15) is 14.4 Å². The summed E-state index contributed by atoms with van der Waals surface area (Å²) in [6.45, 7) is 14.7. The lowest BCUT2D eigenvalue weighted by Gasteiger charge is -2.35. The number of aryl methyl sites for hydroxylation is 2. The number of ether oxygens (including phenoxy) is 1. The molecule has 2 aliphatic heterocycles. The van der Waals surface area contributed by atoms with Crippen LogP contribution in [-0.4, -0.2) is 42.3 Å². The second-order valence-electron chi connectivity index (χ2n) is 14.7. The van der Waals surface area contributed by atoms with Gasteiger partial charge in [0, 0.05) is 47.8 Å². The Bertz CT molecular complexity index is 1890. The van der Waals surface area contributed by atoms with Crippen LogP contribution in [0.4, 0.5) is 11.4 Å². The van der Waals surface area contributed by atoms with Crippen molar-refractivity contribution in [2.24, 2.45) is 11.3 Å². The lowest BCUT2D eigenvalue weighted by Crippen LogP contribution is -2.32. The monoisotopic (exact) mass is 733 g/mol. The molecule has 280 valence electrons. The quantitative estimate of drug-likeness (QED) is 0.191. The number of hydrogen-bond acceptors (Lipinski definition) is 6. The number of thiophene rings is 1. The minimum atomic E-state index is -0.237. The highest BCUT2D eigenvalue weighted by Crippen LogP contribution is 2.37. The van der Waals surface area contributed by atoms with Crippen LogP contribution in [0.15, 0.2) is 72.9 Å². The fourth-order valence-electron chi connectivity index (χ4n) is 6.86. The van der Waals surface area contributed by atoms with E-state index in [0.29, 0.717) is 40.9 Å². The molecule has 4 heterocycles. The lowest BCUT2D eigenvalue weighted by molar-refractivity contribution is 0.0105. The highest BCUT2D eigenvalue weighted by atomic mass is 32.1. The fraction of sp³-hybridized carbons (Fsp3) is 0.422. The molecule has 0 unspecified atom stereocenters. The molecule has 4 aromatic rings. The summed E-state index contributed by atoms with van der Waals surface area (Å²) >= 11 is 1.48. The van der Waals surface area contributed by atoms with Crippen LogP contribution in [0.25, 0.3) is 11.6 Å². The van der Waals surface area contributed by atoms with Crippen LogP contribution in [-0.2, 0) is 4.74 Å². The molecule has 1 saturated heterocycles. The first kappa shape index (κ1) is 39.8. The summed E-state index contributed by atoms with van der Waals surface area (Å²) in [6.07, 6.45) is 14.2. The summed E-state index contributed by atoms with van der Waals surface area (Å²) in [7, 11) is 0. The molecule has 1 aliphatic carbocycles. The van der Waals surface area contributed by atoms with E-state index < -0.39 is 0 Å². The molecule has 2 aromatic heterocycles. The van der Waals surface area contributed by atoms with E-state index in [0.717, 1.165) is 51.3 Å². The summed E-state index contributed by atoms with van der Waals surface area (Å²) in [6, 6.07) is 20.4. The minimum Gasteiger partial charge on any atom is -0.381 e. The number of benzene rings is 2. The fourth-order valence-corrected chi connectivity index (χ4v) is 7.81. The molecular weight excluding hydrogens is 679 g/mol. The molecule has 1 saturated carbocycles. The van der Waals surface area contributed by atoms with Gasteiger partial charge < -0.3 is 15.0 Å². The highest BCUT2D eigenvalue weighted by molar-refractivity contribution is 7.15. The summed E-state index contributed by atoms with van der Waals surface area (Å²) < 4.78 is 5.33. The van der Waals surface area contributed by atoms with E-state index >= 15 is 0 Å². The van der Waals surface area contributed by atoms with Crippen LogP contribution in [0.5, 0.6) is 0 Å². The summed E-state index contributed by atoms with van der Waals surface area (Å²) in [5.41, 5.74) is 6.77. The van der Waals surface area contributed by atoms with Crippen molar-refractivity contribution < 1.29 is 19.1 Å². The highest BCUT2D eigenvalue weighted by Gasteiger charge is 2.28. The maximum absolute atomic E-state index is 13.7. The molecule has 8 heteroatoms. The Kier molecular flexibility index (Phi) is 13.9. The van der Waals surface area contributed by atoms with E-state index in [1.165, 1.54) is 56.3 Å². The van der Waals surface area contributed by atoms with Crippen LogP contribution in [0.2, 0.25) is 0 Å². The Hall–Kier alpha value is -4.40. The van der Waals surface area contributed by atoms with Crippen LogP contribution >= 0.6 is 11.3 Å². The smallest absolute Gasteiger partial charge is 0.258 e. The van der Waals surface area contributed by atoms with Crippen LogP contribution in [0, 0.1) is 25.2 Å². The number of pyridine rings is 1. The molecule has 7 rings (SSSR count). The Morgan fingerprint density at radius 1 is 0.962 bits per heavy atom. The SMILES string of the molecule is CC(=O)c1ccc(C2=Cc3ccccc3N(C(=O)c3ccc(NC(=O)c4cc(C)cnc4C)cc3)CC2)s1.CC1CCC1.CCC1(CC)CCOCC1. The number of para-hydroxylation sites is 1. The molecule has 7 nitrogen and oxygen atoms in total. The van der Waals surface area contributed by atoms with Gasteiger partial charge in [0.15, 0.2) is 5.78 Å². The van der Waals surface area contributed by atoms with Gasteiger partial charge in [-0.2, -0.15) is 0 Å². The van der Waals surface area contributed by atoms with Gasteiger partial charge in [0.1, 0.15) is 0 Å². The number of hydrogen-bond donors (Lipinski definition) is 1. The molecular formula is C45H55N3O4S. The predicted octanol–water partition coefficient (Wildman–Crippen LogP) is 11.2. The van der Waals surface area contributed by atoms with Gasteiger partial charge in [-0.15, -0.1) is 11.3 Å². The zero-order chi connectivity index (χ0) is 38.0. The summed E-state index contributed by atoms with van der Waals surface area (Å²) in [5, 5.41) is 2.90. The zero-order valence-electron chi connectivity index (χ0n) is 32.3. The van der Waals surface area contributed by atoms with Gasteiger partial charge in [-0.05, 0) is 123 Å². The molecule has 2 aromatic carbocycles. The largest absolute Gasteiger partial charge is 0.381 e. The van der Waals surface area contributed by atoms with Crippen molar-refractivity contribution in [1.82, 2.24) is 4.98 Å². The average molecular weight is 734 g/mol. The van der Waals surface area contributed by atoms with Gasteiger partial charge in [-0.3, -0.25) is 19.4 Å². The number of Topliss-reactive ketones (excluding diaryl/α,β-unsaturated/α-hetero) is 1. The number of aromatic nitrogens is 1. The minimum absolute atomic E-state index is 0.0537. The number of anilines is 2. The number of nitrogens with one attached hydrogen (secondary N) is 1. The van der Waals surface area contributed by atoms with E-state index in [2.05, 4.69) is 37.1 Å². The van der Waals surface area contributed by atoms with Gasteiger partial charge in [-0.25, -0.2) is 0 Å². The van der Waals surface area contributed by atoms with Gasteiger partial charge in [0.05, 0.1) is 16.1 Å². The van der Waals surface area contributed by atoms with E-state index in [1.54, 1.807) is 49.2 Å². The predicted molar refractivity (Wildman–Crippen MR) is 219 cm³/mol. The molecule has 2 fully saturated rings. The van der Waals surface area contributed by atoms with Crippen LogP contribution in [0.3, 0.4) is 0 Å². The van der Waals surface area contributed by atoms with Crippen LogP contribution in [0.1, 0.15) is 131 Å². The molecule has 1 N–H and O–H groups in total. The third kappa shape index (κ3) is 10.4. The first-order valence-corrected chi connectivity index (χ1v) is 20.0. The van der Waals surface area contributed by atoms with Crippen molar-refractivity contribution in [3.63, 3.8) is 0 Å².